The van der Waals surface area contributed by atoms with Gasteiger partial charge in [0.2, 0.25) is 0 Å². The summed E-state index contributed by atoms with van der Waals surface area (Å²) in [7, 11) is 0. The van der Waals surface area contributed by atoms with Crippen LogP contribution in [0.3, 0.4) is 0 Å². The topological polar surface area (TPSA) is 78.9 Å². The Balaban J connectivity index is 4.36. The highest BCUT2D eigenvalue weighted by atomic mass is 16.6. The molecular weight excluding hydrogens is 673 g/mol. The first-order chi connectivity index (χ1) is 26.5. The van der Waals surface area contributed by atoms with Crippen molar-refractivity contribution in [1.82, 2.24) is 0 Å². The summed E-state index contributed by atoms with van der Waals surface area (Å²) in [4.78, 5) is 37.7. The van der Waals surface area contributed by atoms with Crippen LogP contribution in [-0.2, 0) is 28.6 Å². The summed E-state index contributed by atoms with van der Waals surface area (Å²) in [6.45, 7) is 6.58. The maximum atomic E-state index is 12.7. The first kappa shape index (κ1) is 51.9. The van der Waals surface area contributed by atoms with Gasteiger partial charge in [0.05, 0.1) is 0 Å². The van der Waals surface area contributed by atoms with Gasteiger partial charge in [-0.3, -0.25) is 14.4 Å². The minimum Gasteiger partial charge on any atom is -0.462 e. The van der Waals surface area contributed by atoms with E-state index in [4.69, 9.17) is 14.2 Å². The van der Waals surface area contributed by atoms with Gasteiger partial charge in [0.25, 0.3) is 0 Å². The molecule has 0 fully saturated rings. The van der Waals surface area contributed by atoms with E-state index in [1.807, 2.05) is 0 Å². The van der Waals surface area contributed by atoms with Crippen molar-refractivity contribution in [1.29, 1.82) is 0 Å². The standard InChI is InChI=1S/C48H88O6/c1-4-7-10-13-16-19-22-24-25-27-29-32-35-38-41-47(50)53-44-45(43-52-46(49)40-37-34-31-28-21-18-15-12-9-6-3)54-48(51)42-39-36-33-30-26-23-20-17-14-11-8-5-2/h17,20,22,24,45H,4-16,18-19,21,23,25-44H2,1-3H3/b20-17-,24-22-/t45-/m1/s1. The van der Waals surface area contributed by atoms with Crippen LogP contribution in [-0.4, -0.2) is 37.2 Å². The molecule has 0 aromatic heterocycles. The molecule has 6 nitrogen and oxygen atoms in total. The number of unbranched alkanes of at least 4 members (excludes halogenated alkanes) is 27. The molecule has 0 bridgehead atoms. The summed E-state index contributed by atoms with van der Waals surface area (Å²) in [5, 5.41) is 0. The zero-order valence-corrected chi connectivity index (χ0v) is 36.0. The van der Waals surface area contributed by atoms with E-state index in [9.17, 15) is 14.4 Å². The number of rotatable bonds is 42. The van der Waals surface area contributed by atoms with Crippen molar-refractivity contribution >= 4 is 17.9 Å². The van der Waals surface area contributed by atoms with Crippen molar-refractivity contribution in [2.75, 3.05) is 13.2 Å². The number of esters is 3. The molecule has 0 aliphatic heterocycles. The summed E-state index contributed by atoms with van der Waals surface area (Å²) in [6, 6.07) is 0. The number of allylic oxidation sites excluding steroid dienone is 4. The third kappa shape index (κ3) is 41.1. The van der Waals surface area contributed by atoms with E-state index < -0.39 is 6.10 Å². The average Bonchev–Trinajstić information content (AvgIpc) is 3.17. The number of carbonyl (C=O) groups excluding carboxylic acids is 3. The molecule has 6 heteroatoms. The van der Waals surface area contributed by atoms with Crippen LogP contribution in [0.25, 0.3) is 0 Å². The molecule has 1 atom stereocenters. The number of carbonyl (C=O) groups is 3. The van der Waals surface area contributed by atoms with Crippen LogP contribution in [0, 0.1) is 0 Å². The summed E-state index contributed by atoms with van der Waals surface area (Å²) in [5.41, 5.74) is 0. The van der Waals surface area contributed by atoms with Crippen LogP contribution >= 0.6 is 0 Å². The van der Waals surface area contributed by atoms with Gasteiger partial charge in [-0.25, -0.2) is 0 Å². The molecule has 0 rings (SSSR count). The smallest absolute Gasteiger partial charge is 0.306 e. The van der Waals surface area contributed by atoms with E-state index in [0.717, 1.165) is 70.6 Å². The fraction of sp³-hybridized carbons (Fsp3) is 0.854. The highest BCUT2D eigenvalue weighted by molar-refractivity contribution is 5.71. The second-order valence-corrected chi connectivity index (χ2v) is 15.7. The molecule has 0 aliphatic carbocycles. The zero-order valence-electron chi connectivity index (χ0n) is 36.0. The lowest BCUT2D eigenvalue weighted by molar-refractivity contribution is -0.167. The minimum atomic E-state index is -0.772. The van der Waals surface area contributed by atoms with Crippen LogP contribution in [0.4, 0.5) is 0 Å². The highest BCUT2D eigenvalue weighted by Gasteiger charge is 2.19. The molecule has 0 aromatic rings. The maximum Gasteiger partial charge on any atom is 0.306 e. The van der Waals surface area contributed by atoms with Crippen molar-refractivity contribution in [3.8, 4) is 0 Å². The number of hydrogen-bond donors (Lipinski definition) is 0. The van der Waals surface area contributed by atoms with Gasteiger partial charge in [-0.2, -0.15) is 0 Å². The predicted molar refractivity (Wildman–Crippen MR) is 229 cm³/mol. The van der Waals surface area contributed by atoms with Crippen LogP contribution in [0.1, 0.15) is 245 Å². The largest absolute Gasteiger partial charge is 0.462 e. The van der Waals surface area contributed by atoms with Gasteiger partial charge in [-0.1, -0.05) is 180 Å². The summed E-state index contributed by atoms with van der Waals surface area (Å²) >= 11 is 0. The molecule has 0 saturated carbocycles. The third-order valence-electron chi connectivity index (χ3n) is 10.2. The number of hydrogen-bond acceptors (Lipinski definition) is 6. The third-order valence-corrected chi connectivity index (χ3v) is 10.2. The van der Waals surface area contributed by atoms with E-state index >= 15 is 0 Å². The summed E-state index contributed by atoms with van der Waals surface area (Å²) < 4.78 is 16.7. The van der Waals surface area contributed by atoms with Gasteiger partial charge in [-0.15, -0.1) is 0 Å². The van der Waals surface area contributed by atoms with Crippen LogP contribution in [0.2, 0.25) is 0 Å². The van der Waals surface area contributed by atoms with Crippen molar-refractivity contribution in [3.05, 3.63) is 24.3 Å². The van der Waals surface area contributed by atoms with E-state index in [1.54, 1.807) is 0 Å². The maximum absolute atomic E-state index is 12.7. The molecule has 0 heterocycles. The first-order valence-corrected chi connectivity index (χ1v) is 23.3. The van der Waals surface area contributed by atoms with Crippen molar-refractivity contribution < 1.29 is 28.6 Å². The Kier molecular flexibility index (Phi) is 41.9. The molecule has 0 saturated heterocycles. The molecule has 0 aliphatic rings. The molecular formula is C48H88O6. The predicted octanol–water partition coefficient (Wildman–Crippen LogP) is 14.8. The summed E-state index contributed by atoms with van der Waals surface area (Å²) in [5.74, 6) is -0.889. The number of ether oxygens (including phenoxy) is 3. The minimum absolute atomic E-state index is 0.0745. The Morgan fingerprint density at radius 1 is 0.352 bits per heavy atom. The van der Waals surface area contributed by atoms with Crippen molar-refractivity contribution in [2.24, 2.45) is 0 Å². The fourth-order valence-electron chi connectivity index (χ4n) is 6.61. The summed E-state index contributed by atoms with van der Waals surface area (Å²) in [6.07, 6.45) is 47.2. The second kappa shape index (κ2) is 43.6. The monoisotopic (exact) mass is 761 g/mol. The Bertz CT molecular complexity index is 880. The quantitative estimate of drug-likeness (QED) is 0.0267. The lowest BCUT2D eigenvalue weighted by Gasteiger charge is -2.18. The van der Waals surface area contributed by atoms with Crippen LogP contribution in [0.5, 0.6) is 0 Å². The SMILES string of the molecule is CCCCC/C=C\CCCCCCCC(=O)O[C@@H](COC(=O)CCCCCCC/C=C\CCCCCCC)COC(=O)CCCCCCCCCCCC. The van der Waals surface area contributed by atoms with Crippen LogP contribution < -0.4 is 0 Å². The van der Waals surface area contributed by atoms with Gasteiger partial charge in [0.1, 0.15) is 13.2 Å². The van der Waals surface area contributed by atoms with Gasteiger partial charge >= 0.3 is 17.9 Å². The molecule has 0 unspecified atom stereocenters. The zero-order chi connectivity index (χ0) is 39.4. The van der Waals surface area contributed by atoms with Crippen molar-refractivity contribution in [2.45, 2.75) is 252 Å². The average molecular weight is 761 g/mol. The highest BCUT2D eigenvalue weighted by Crippen LogP contribution is 2.14. The second-order valence-electron chi connectivity index (χ2n) is 15.7. The molecule has 316 valence electrons. The van der Waals surface area contributed by atoms with Crippen LogP contribution in [0.15, 0.2) is 24.3 Å². The normalized spacial score (nSPS) is 12.1. The van der Waals surface area contributed by atoms with E-state index in [-0.39, 0.29) is 31.1 Å². The van der Waals surface area contributed by atoms with Gasteiger partial charge in [0.15, 0.2) is 6.10 Å². The van der Waals surface area contributed by atoms with E-state index in [1.165, 1.54) is 135 Å². The lowest BCUT2D eigenvalue weighted by atomic mass is 10.1. The molecule has 0 amide bonds. The lowest BCUT2D eigenvalue weighted by Crippen LogP contribution is -2.30. The molecule has 0 N–H and O–H groups in total. The first-order valence-electron chi connectivity index (χ1n) is 23.3. The van der Waals surface area contributed by atoms with E-state index in [2.05, 4.69) is 45.1 Å². The Hall–Kier alpha value is -2.11. The van der Waals surface area contributed by atoms with Gasteiger partial charge in [0, 0.05) is 19.3 Å². The van der Waals surface area contributed by atoms with E-state index in [0.29, 0.717) is 19.3 Å². The van der Waals surface area contributed by atoms with Gasteiger partial charge < -0.3 is 14.2 Å². The molecule has 54 heavy (non-hydrogen) atoms. The molecule has 0 radical (unpaired) electrons. The molecule has 0 spiro atoms. The Labute approximate surface area is 334 Å². The van der Waals surface area contributed by atoms with Gasteiger partial charge in [-0.05, 0) is 70.6 Å². The molecule has 0 aromatic carbocycles. The van der Waals surface area contributed by atoms with Crippen molar-refractivity contribution in [3.63, 3.8) is 0 Å². The Morgan fingerprint density at radius 3 is 0.963 bits per heavy atom. The Morgan fingerprint density at radius 2 is 0.611 bits per heavy atom. The fourth-order valence-corrected chi connectivity index (χ4v) is 6.61.